The van der Waals surface area contributed by atoms with Crippen LogP contribution in [-0.2, 0) is 13.6 Å². The van der Waals surface area contributed by atoms with Crippen LogP contribution in [0, 0.1) is 12.8 Å². The Balaban J connectivity index is 2.04. The van der Waals surface area contributed by atoms with E-state index in [1.165, 1.54) is 42.5 Å². The first-order chi connectivity index (χ1) is 8.11. The molecule has 0 saturated heterocycles. The molecule has 4 heteroatoms. The molecule has 0 aromatic carbocycles. The smallest absolute Gasteiger partial charge is 0.0739 e. The Bertz CT molecular complexity index is 382. The van der Waals surface area contributed by atoms with E-state index in [4.69, 9.17) is 0 Å². The van der Waals surface area contributed by atoms with Gasteiger partial charge in [-0.15, -0.1) is 0 Å². The molecule has 1 aliphatic rings. The van der Waals surface area contributed by atoms with Crippen molar-refractivity contribution in [1.29, 1.82) is 0 Å². The first-order valence-corrected chi connectivity index (χ1v) is 7.31. The van der Waals surface area contributed by atoms with E-state index < -0.39 is 0 Å². The van der Waals surface area contributed by atoms with Gasteiger partial charge in [0.25, 0.3) is 0 Å². The van der Waals surface area contributed by atoms with E-state index >= 15 is 0 Å². The van der Waals surface area contributed by atoms with Gasteiger partial charge in [-0.2, -0.15) is 5.10 Å². The second-order valence-electron chi connectivity index (χ2n) is 5.15. The Kier molecular flexibility index (Phi) is 4.26. The Morgan fingerprint density at radius 2 is 2.18 bits per heavy atom. The Morgan fingerprint density at radius 3 is 2.65 bits per heavy atom. The fourth-order valence-electron chi connectivity index (χ4n) is 2.28. The van der Waals surface area contributed by atoms with E-state index in [9.17, 15) is 0 Å². The minimum Gasteiger partial charge on any atom is -0.297 e. The van der Waals surface area contributed by atoms with Crippen molar-refractivity contribution < 1.29 is 0 Å². The molecule has 0 N–H and O–H groups in total. The van der Waals surface area contributed by atoms with E-state index in [0.29, 0.717) is 0 Å². The summed E-state index contributed by atoms with van der Waals surface area (Å²) in [5.74, 6) is 0.953. The van der Waals surface area contributed by atoms with Crippen LogP contribution in [0.25, 0.3) is 0 Å². The molecule has 96 valence electrons. The molecule has 1 aromatic heterocycles. The van der Waals surface area contributed by atoms with Crippen LogP contribution in [0.2, 0.25) is 0 Å². The van der Waals surface area contributed by atoms with Gasteiger partial charge in [-0.1, -0.05) is 6.92 Å². The molecule has 0 amide bonds. The van der Waals surface area contributed by atoms with Gasteiger partial charge < -0.3 is 0 Å². The number of rotatable bonds is 6. The summed E-state index contributed by atoms with van der Waals surface area (Å²) in [6.45, 7) is 7.77. The number of aromatic nitrogens is 2. The lowest BCUT2D eigenvalue weighted by atomic mass is 10.3. The molecule has 0 radical (unpaired) electrons. The maximum atomic E-state index is 4.46. The third-order valence-electron chi connectivity index (χ3n) is 3.39. The van der Waals surface area contributed by atoms with E-state index in [1.54, 1.807) is 0 Å². The average molecular weight is 300 g/mol. The van der Waals surface area contributed by atoms with Gasteiger partial charge in [0.15, 0.2) is 0 Å². The molecule has 2 rings (SSSR count). The molecule has 1 aliphatic carbocycles. The zero-order chi connectivity index (χ0) is 12.4. The summed E-state index contributed by atoms with van der Waals surface area (Å²) in [5.41, 5.74) is 2.39. The first kappa shape index (κ1) is 13.1. The molecular formula is C13H22BrN3. The lowest BCUT2D eigenvalue weighted by Crippen LogP contribution is -2.27. The van der Waals surface area contributed by atoms with Crippen LogP contribution in [-0.4, -0.2) is 27.8 Å². The Labute approximate surface area is 112 Å². The standard InChI is InChI=1S/C13H22BrN3/c1-4-7-17(8-11-5-6-11)9-12-13(14)10(2)15-16(12)3/h11H,4-9H2,1-3H3. The van der Waals surface area contributed by atoms with Gasteiger partial charge in [0.1, 0.15) is 0 Å². The van der Waals surface area contributed by atoms with Crippen LogP contribution >= 0.6 is 15.9 Å². The lowest BCUT2D eigenvalue weighted by molar-refractivity contribution is 0.248. The van der Waals surface area contributed by atoms with Crippen molar-refractivity contribution in [1.82, 2.24) is 14.7 Å². The minimum absolute atomic E-state index is 0.953. The van der Waals surface area contributed by atoms with Crippen molar-refractivity contribution >= 4 is 15.9 Å². The minimum atomic E-state index is 0.953. The highest BCUT2D eigenvalue weighted by molar-refractivity contribution is 9.10. The summed E-state index contributed by atoms with van der Waals surface area (Å²) in [6.07, 6.45) is 4.07. The molecule has 1 fully saturated rings. The number of halogens is 1. The molecule has 1 aromatic rings. The number of nitrogens with zero attached hydrogens (tertiary/aromatic N) is 3. The molecule has 17 heavy (non-hydrogen) atoms. The van der Waals surface area contributed by atoms with Crippen LogP contribution < -0.4 is 0 Å². The highest BCUT2D eigenvalue weighted by atomic mass is 79.9. The van der Waals surface area contributed by atoms with Crippen molar-refractivity contribution in [2.75, 3.05) is 13.1 Å². The van der Waals surface area contributed by atoms with Gasteiger partial charge >= 0.3 is 0 Å². The van der Waals surface area contributed by atoms with E-state index in [2.05, 4.69) is 39.8 Å². The van der Waals surface area contributed by atoms with E-state index in [0.717, 1.165) is 18.2 Å². The normalized spacial score (nSPS) is 15.8. The molecule has 1 heterocycles. The highest BCUT2D eigenvalue weighted by Crippen LogP contribution is 2.31. The number of aryl methyl sites for hydroxylation is 2. The molecule has 0 unspecified atom stereocenters. The quantitative estimate of drug-likeness (QED) is 0.805. The second-order valence-corrected chi connectivity index (χ2v) is 5.94. The van der Waals surface area contributed by atoms with Gasteiger partial charge in [0.05, 0.1) is 15.9 Å². The second kappa shape index (κ2) is 5.53. The van der Waals surface area contributed by atoms with Crippen molar-refractivity contribution in [3.63, 3.8) is 0 Å². The third kappa shape index (κ3) is 3.32. The third-order valence-corrected chi connectivity index (χ3v) is 4.42. The maximum absolute atomic E-state index is 4.46. The SMILES string of the molecule is CCCN(Cc1c(Br)c(C)nn1C)CC1CC1. The van der Waals surface area contributed by atoms with Crippen LogP contribution in [0.5, 0.6) is 0 Å². The Morgan fingerprint density at radius 1 is 1.47 bits per heavy atom. The largest absolute Gasteiger partial charge is 0.297 e. The van der Waals surface area contributed by atoms with Crippen LogP contribution in [0.4, 0.5) is 0 Å². The van der Waals surface area contributed by atoms with Gasteiger partial charge in [-0.25, -0.2) is 0 Å². The van der Waals surface area contributed by atoms with Crippen molar-refractivity contribution in [3.8, 4) is 0 Å². The molecule has 0 spiro atoms. The van der Waals surface area contributed by atoms with Crippen molar-refractivity contribution in [2.45, 2.75) is 39.7 Å². The molecule has 1 saturated carbocycles. The Hall–Kier alpha value is -0.350. The topological polar surface area (TPSA) is 21.1 Å². The van der Waals surface area contributed by atoms with Crippen molar-refractivity contribution in [3.05, 3.63) is 15.9 Å². The fraction of sp³-hybridized carbons (Fsp3) is 0.769. The molecule has 0 atom stereocenters. The van der Waals surface area contributed by atoms with Crippen molar-refractivity contribution in [2.24, 2.45) is 13.0 Å². The fourth-order valence-corrected chi connectivity index (χ4v) is 2.74. The number of hydrogen-bond donors (Lipinski definition) is 0. The monoisotopic (exact) mass is 299 g/mol. The predicted molar refractivity (Wildman–Crippen MR) is 73.9 cm³/mol. The summed E-state index contributed by atoms with van der Waals surface area (Å²) < 4.78 is 3.19. The molecule has 3 nitrogen and oxygen atoms in total. The predicted octanol–water partition coefficient (Wildman–Crippen LogP) is 3.11. The lowest BCUT2D eigenvalue weighted by Gasteiger charge is -2.21. The van der Waals surface area contributed by atoms with Crippen LogP contribution in [0.3, 0.4) is 0 Å². The van der Waals surface area contributed by atoms with Gasteiger partial charge in [0, 0.05) is 20.1 Å². The zero-order valence-electron chi connectivity index (χ0n) is 11.0. The molecular weight excluding hydrogens is 278 g/mol. The summed E-state index contributed by atoms with van der Waals surface area (Å²) in [4.78, 5) is 2.57. The summed E-state index contributed by atoms with van der Waals surface area (Å²) in [7, 11) is 2.04. The van der Waals surface area contributed by atoms with Crippen LogP contribution in [0.15, 0.2) is 4.47 Å². The summed E-state index contributed by atoms with van der Waals surface area (Å²) >= 11 is 3.65. The zero-order valence-corrected chi connectivity index (χ0v) is 12.6. The molecule has 0 bridgehead atoms. The average Bonchev–Trinajstić information content (AvgIpc) is 3.04. The van der Waals surface area contributed by atoms with E-state index in [-0.39, 0.29) is 0 Å². The highest BCUT2D eigenvalue weighted by Gasteiger charge is 2.25. The molecule has 0 aliphatic heterocycles. The van der Waals surface area contributed by atoms with Gasteiger partial charge in [-0.05, 0) is 54.6 Å². The van der Waals surface area contributed by atoms with Gasteiger partial charge in [0.2, 0.25) is 0 Å². The first-order valence-electron chi connectivity index (χ1n) is 6.52. The summed E-state index contributed by atoms with van der Waals surface area (Å²) in [6, 6.07) is 0. The number of hydrogen-bond acceptors (Lipinski definition) is 2. The summed E-state index contributed by atoms with van der Waals surface area (Å²) in [5, 5.41) is 4.46. The van der Waals surface area contributed by atoms with Gasteiger partial charge in [-0.3, -0.25) is 9.58 Å². The van der Waals surface area contributed by atoms with Crippen LogP contribution in [0.1, 0.15) is 37.6 Å². The van der Waals surface area contributed by atoms with E-state index in [1.807, 2.05) is 11.7 Å². The maximum Gasteiger partial charge on any atom is 0.0739 e.